The van der Waals surface area contributed by atoms with Gasteiger partial charge in [-0.15, -0.1) is 0 Å². The van der Waals surface area contributed by atoms with E-state index in [1.807, 2.05) is 0 Å². The number of benzene rings is 1. The van der Waals surface area contributed by atoms with Crippen molar-refractivity contribution in [1.82, 2.24) is 0 Å². The Balaban J connectivity index is 1.79. The Morgan fingerprint density at radius 2 is 1.83 bits per heavy atom. The predicted molar refractivity (Wildman–Crippen MR) is 95.4 cm³/mol. The molecule has 1 aliphatic carbocycles. The summed E-state index contributed by atoms with van der Waals surface area (Å²) in [5.74, 6) is -8.31. The molecule has 30 heavy (non-hydrogen) atoms. The number of hydrogen-bond acceptors (Lipinski definition) is 10. The van der Waals surface area contributed by atoms with Gasteiger partial charge in [-0.2, -0.15) is 0 Å². The molecule has 0 bridgehead atoms. The maximum absolute atomic E-state index is 13.3. The second-order valence-corrected chi connectivity index (χ2v) is 7.54. The van der Waals surface area contributed by atoms with Crippen LogP contribution in [0.15, 0.2) is 16.7 Å². The van der Waals surface area contributed by atoms with Crippen LogP contribution in [0.1, 0.15) is 44.5 Å². The van der Waals surface area contributed by atoms with E-state index in [9.17, 15) is 19.8 Å². The molecule has 1 aromatic carbocycles. The fraction of sp³-hybridized carbons (Fsp3) is 0.400. The number of methoxy groups -OCH3 is 2. The highest BCUT2D eigenvalue weighted by molar-refractivity contribution is 6.06. The summed E-state index contributed by atoms with van der Waals surface area (Å²) in [6.45, 7) is 2.81. The molecule has 0 saturated heterocycles. The molecule has 0 amide bonds. The Hall–Kier alpha value is -3.08. The Morgan fingerprint density at radius 1 is 1.10 bits per heavy atom. The first-order valence-corrected chi connectivity index (χ1v) is 9.07. The molecular formula is C20H18O10. The van der Waals surface area contributed by atoms with Gasteiger partial charge in [0.05, 0.1) is 30.1 Å². The highest BCUT2D eigenvalue weighted by Crippen LogP contribution is 2.57. The summed E-state index contributed by atoms with van der Waals surface area (Å²) in [6, 6.07) is 1.33. The van der Waals surface area contributed by atoms with Gasteiger partial charge in [-0.3, -0.25) is 4.79 Å². The third kappa shape index (κ3) is 2.02. The van der Waals surface area contributed by atoms with Crippen molar-refractivity contribution < 1.29 is 47.9 Å². The number of fused-ring (bicyclic) bond motifs is 5. The maximum Gasteiger partial charge on any atom is 0.341 e. The van der Waals surface area contributed by atoms with Gasteiger partial charge in [-0.25, -0.2) is 4.79 Å². The van der Waals surface area contributed by atoms with Crippen molar-refractivity contribution in [1.29, 1.82) is 0 Å². The van der Waals surface area contributed by atoms with Crippen molar-refractivity contribution in [3.05, 3.63) is 40.3 Å². The van der Waals surface area contributed by atoms with E-state index in [0.29, 0.717) is 11.3 Å². The molecule has 0 fully saturated rings. The number of Topliss-reactive ketones (excluding diaryl/α,β-unsaturated/α-hetero) is 1. The molecule has 1 aromatic heterocycles. The molecule has 0 unspecified atom stereocenters. The van der Waals surface area contributed by atoms with Crippen molar-refractivity contribution in [2.45, 2.75) is 37.6 Å². The molecule has 10 nitrogen and oxygen atoms in total. The lowest BCUT2D eigenvalue weighted by molar-refractivity contribution is -0.328. The molecule has 2 aromatic rings. The first-order chi connectivity index (χ1) is 14.1. The number of hydrogen-bond donors (Lipinski definition) is 2. The smallest absolute Gasteiger partial charge is 0.341 e. The van der Waals surface area contributed by atoms with Crippen molar-refractivity contribution >= 4 is 11.8 Å². The number of carbonyl (C=O) groups excluding carboxylic acids is 2. The minimum Gasteiger partial charge on any atom is -0.493 e. The summed E-state index contributed by atoms with van der Waals surface area (Å²) >= 11 is 0. The second-order valence-electron chi connectivity index (χ2n) is 7.54. The zero-order chi connectivity index (χ0) is 21.6. The van der Waals surface area contributed by atoms with Crippen molar-refractivity contribution in [2.75, 3.05) is 14.2 Å². The van der Waals surface area contributed by atoms with Crippen molar-refractivity contribution in [3.8, 4) is 17.2 Å². The first kappa shape index (κ1) is 18.9. The van der Waals surface area contributed by atoms with E-state index in [1.54, 1.807) is 6.92 Å². The van der Waals surface area contributed by atoms with E-state index in [0.717, 1.165) is 0 Å². The van der Waals surface area contributed by atoms with Crippen molar-refractivity contribution in [3.63, 3.8) is 0 Å². The largest absolute Gasteiger partial charge is 0.493 e. The third-order valence-electron chi connectivity index (χ3n) is 5.77. The number of rotatable bonds is 2. The molecule has 0 radical (unpaired) electrons. The van der Waals surface area contributed by atoms with E-state index in [-0.39, 0.29) is 40.4 Å². The van der Waals surface area contributed by atoms with E-state index in [1.165, 1.54) is 33.5 Å². The van der Waals surface area contributed by atoms with Crippen LogP contribution < -0.4 is 14.2 Å². The lowest BCUT2D eigenvalue weighted by atomic mass is 9.81. The number of ether oxygens (including phenoxy) is 5. The van der Waals surface area contributed by atoms with E-state index in [4.69, 9.17) is 28.1 Å². The predicted octanol–water partition coefficient (Wildman–Crippen LogP) is 1.17. The second kappa shape index (κ2) is 5.54. The normalized spacial score (nSPS) is 31.0. The zero-order valence-electron chi connectivity index (χ0n) is 16.5. The van der Waals surface area contributed by atoms with Crippen LogP contribution in [-0.4, -0.2) is 47.8 Å². The van der Waals surface area contributed by atoms with Crippen LogP contribution >= 0.6 is 0 Å². The molecule has 2 N–H and O–H groups in total. The van der Waals surface area contributed by atoms with Crippen LogP contribution in [0.5, 0.6) is 17.2 Å². The van der Waals surface area contributed by atoms with Gasteiger partial charge in [0.1, 0.15) is 5.76 Å². The monoisotopic (exact) mass is 418 g/mol. The molecular weight excluding hydrogens is 400 g/mol. The van der Waals surface area contributed by atoms with Gasteiger partial charge >= 0.3 is 11.8 Å². The van der Waals surface area contributed by atoms with E-state index >= 15 is 0 Å². The minimum atomic E-state index is -2.64. The van der Waals surface area contributed by atoms with Gasteiger partial charge in [0.25, 0.3) is 5.79 Å². The fourth-order valence-corrected chi connectivity index (χ4v) is 4.32. The lowest BCUT2D eigenvalue weighted by Crippen LogP contribution is -2.71. The molecule has 10 heteroatoms. The number of esters is 1. The number of ketones is 1. The van der Waals surface area contributed by atoms with Crippen LogP contribution in [0.3, 0.4) is 0 Å². The summed E-state index contributed by atoms with van der Waals surface area (Å²) in [5.41, 5.74) is 0.484. The quantitative estimate of drug-likeness (QED) is 0.685. The molecule has 158 valence electrons. The molecule has 3 heterocycles. The van der Waals surface area contributed by atoms with Gasteiger partial charge in [-0.1, -0.05) is 0 Å². The topological polar surface area (TPSA) is 134 Å². The molecule has 3 atom stereocenters. The van der Waals surface area contributed by atoms with Crippen molar-refractivity contribution in [2.24, 2.45) is 0 Å². The van der Waals surface area contributed by atoms with Crippen LogP contribution in [0.25, 0.3) is 0 Å². The Morgan fingerprint density at radius 3 is 2.50 bits per heavy atom. The fourth-order valence-electron chi connectivity index (χ4n) is 4.32. The molecule has 0 spiro atoms. The maximum atomic E-state index is 13.3. The Labute approximate surface area is 169 Å². The van der Waals surface area contributed by atoms with Crippen LogP contribution in [0.4, 0.5) is 0 Å². The summed E-state index contributed by atoms with van der Waals surface area (Å²) in [4.78, 5) is 25.6. The molecule has 5 rings (SSSR count). The van der Waals surface area contributed by atoms with Gasteiger partial charge in [0.2, 0.25) is 17.3 Å². The van der Waals surface area contributed by atoms with Gasteiger partial charge in [-0.05, 0) is 13.0 Å². The van der Waals surface area contributed by atoms with Gasteiger partial charge < -0.3 is 38.3 Å². The number of furan rings is 1. The lowest BCUT2D eigenvalue weighted by Gasteiger charge is -2.49. The van der Waals surface area contributed by atoms with Gasteiger partial charge in [0, 0.05) is 26.0 Å². The van der Waals surface area contributed by atoms with Crippen LogP contribution in [0.2, 0.25) is 0 Å². The van der Waals surface area contributed by atoms with Crippen LogP contribution in [0, 0.1) is 6.92 Å². The van der Waals surface area contributed by atoms with Crippen LogP contribution in [-0.2, 0) is 21.7 Å². The highest BCUT2D eigenvalue weighted by Gasteiger charge is 2.69. The minimum absolute atomic E-state index is 0.0452. The number of cyclic esters (lactones) is 1. The zero-order valence-corrected chi connectivity index (χ0v) is 16.5. The van der Waals surface area contributed by atoms with Gasteiger partial charge in [0.15, 0.2) is 11.5 Å². The Bertz CT molecular complexity index is 1130. The highest BCUT2D eigenvalue weighted by atomic mass is 16.8. The number of aliphatic hydroxyl groups is 2. The summed E-state index contributed by atoms with van der Waals surface area (Å²) in [6.07, 6.45) is 1.31. The van der Waals surface area contributed by atoms with E-state index < -0.39 is 29.1 Å². The molecule has 2 aliphatic heterocycles. The van der Waals surface area contributed by atoms with E-state index in [2.05, 4.69) is 0 Å². The SMILES string of the molecule is COc1cc2c(c3c1O[C@@]1(OC)Cc4coc(C)c4C(=O)[C@]1(O)O3)[C@@](C)(O)OC2=O. The Kier molecular flexibility index (Phi) is 3.49. The standard InChI is InChI=1S/C20H18O10/c1-8-12-9(7-27-8)6-19(26-4)20(24,16(12)21)29-15-13-10(17(22)30-18(13,2)23)5-11(25-3)14(15)28-19/h5,7,23-24H,6H2,1-4H3/t18-,19-,20-/m0/s1. The number of aryl methyl sites for hydroxylation is 1. The summed E-state index contributed by atoms with van der Waals surface area (Å²) in [7, 11) is 2.60. The number of carbonyl (C=O) groups is 2. The average Bonchev–Trinajstić information content (AvgIpc) is 3.16. The summed E-state index contributed by atoms with van der Waals surface area (Å²) in [5, 5.41) is 22.1. The molecule has 3 aliphatic rings. The first-order valence-electron chi connectivity index (χ1n) is 9.07. The summed E-state index contributed by atoms with van der Waals surface area (Å²) < 4.78 is 33.0. The third-order valence-corrected chi connectivity index (χ3v) is 5.77. The molecule has 0 saturated carbocycles. The average molecular weight is 418 g/mol.